The number of phenols is 2. The second-order valence-corrected chi connectivity index (χ2v) is 4.05. The Kier molecular flexibility index (Phi) is 3.78. The fourth-order valence-corrected chi connectivity index (χ4v) is 1.64. The Morgan fingerprint density at radius 3 is 2.89 bits per heavy atom. The molecule has 2 rings (SSSR count). The van der Waals surface area contributed by atoms with E-state index in [1.807, 2.05) is 7.05 Å². The molecule has 1 aromatic carbocycles. The van der Waals surface area contributed by atoms with E-state index in [0.717, 1.165) is 12.2 Å². The molecule has 0 fully saturated rings. The predicted molar refractivity (Wildman–Crippen MR) is 66.2 cm³/mol. The molecule has 0 aliphatic carbocycles. The molecule has 96 valence electrons. The van der Waals surface area contributed by atoms with Crippen molar-refractivity contribution in [3.8, 4) is 11.5 Å². The quantitative estimate of drug-likeness (QED) is 0.532. The summed E-state index contributed by atoms with van der Waals surface area (Å²) in [6.07, 6.45) is 2.39. The normalized spacial score (nSPS) is 10.7. The monoisotopic (exact) mass is 248 g/mol. The van der Waals surface area contributed by atoms with E-state index in [2.05, 4.69) is 15.4 Å². The Hall–Kier alpha value is -2.08. The summed E-state index contributed by atoms with van der Waals surface area (Å²) >= 11 is 0. The number of hydrogen-bond acceptors (Lipinski definition) is 5. The first-order valence-corrected chi connectivity index (χ1v) is 5.72. The van der Waals surface area contributed by atoms with E-state index in [-0.39, 0.29) is 11.5 Å². The van der Waals surface area contributed by atoms with Crippen LogP contribution in [0.5, 0.6) is 11.5 Å². The summed E-state index contributed by atoms with van der Waals surface area (Å²) in [4.78, 5) is 4.11. The molecule has 0 bridgehead atoms. The summed E-state index contributed by atoms with van der Waals surface area (Å²) < 4.78 is 1.66. The molecule has 0 aliphatic heterocycles. The maximum atomic E-state index is 9.60. The van der Waals surface area contributed by atoms with Crippen LogP contribution in [-0.4, -0.2) is 31.5 Å². The third-order valence-electron chi connectivity index (χ3n) is 2.59. The van der Waals surface area contributed by atoms with Gasteiger partial charge in [-0.1, -0.05) is 12.1 Å². The van der Waals surface area contributed by atoms with Gasteiger partial charge < -0.3 is 15.5 Å². The van der Waals surface area contributed by atoms with Crippen molar-refractivity contribution in [1.82, 2.24) is 20.1 Å². The van der Waals surface area contributed by atoms with Crippen LogP contribution in [0.1, 0.15) is 11.4 Å². The van der Waals surface area contributed by atoms with Gasteiger partial charge in [0.05, 0.1) is 0 Å². The van der Waals surface area contributed by atoms with Crippen molar-refractivity contribution in [3.05, 3.63) is 35.9 Å². The standard InChI is InChI=1S/C12H16N4O2/c1-16-8-14-11(15-16)5-6-13-7-9-3-2-4-10(17)12(9)18/h2-4,8,13,17-18H,5-7H2,1H3. The maximum absolute atomic E-state index is 9.60. The molecule has 0 saturated heterocycles. The van der Waals surface area contributed by atoms with Gasteiger partial charge in [-0.05, 0) is 6.07 Å². The molecule has 6 heteroatoms. The van der Waals surface area contributed by atoms with Crippen molar-refractivity contribution < 1.29 is 10.2 Å². The lowest BCUT2D eigenvalue weighted by Crippen LogP contribution is -2.17. The van der Waals surface area contributed by atoms with Gasteiger partial charge in [-0.25, -0.2) is 4.98 Å². The van der Waals surface area contributed by atoms with Gasteiger partial charge in [0.2, 0.25) is 0 Å². The Morgan fingerprint density at radius 1 is 1.33 bits per heavy atom. The van der Waals surface area contributed by atoms with Crippen LogP contribution in [0, 0.1) is 0 Å². The first-order chi connectivity index (χ1) is 8.66. The number of aromatic nitrogens is 3. The zero-order chi connectivity index (χ0) is 13.0. The Bertz CT molecular complexity index is 525. The molecule has 2 aromatic rings. The average molecular weight is 248 g/mol. The third kappa shape index (κ3) is 2.98. The summed E-state index contributed by atoms with van der Waals surface area (Å²) in [5.41, 5.74) is 0.670. The van der Waals surface area contributed by atoms with Gasteiger partial charge in [0.15, 0.2) is 17.3 Å². The molecule has 0 unspecified atom stereocenters. The molecule has 3 N–H and O–H groups in total. The van der Waals surface area contributed by atoms with E-state index in [1.165, 1.54) is 6.07 Å². The number of aryl methyl sites for hydroxylation is 1. The van der Waals surface area contributed by atoms with E-state index in [0.29, 0.717) is 18.7 Å². The average Bonchev–Trinajstić information content (AvgIpc) is 2.76. The highest BCUT2D eigenvalue weighted by Gasteiger charge is 2.05. The number of benzene rings is 1. The summed E-state index contributed by atoms with van der Waals surface area (Å²) in [5.74, 6) is 0.617. The van der Waals surface area contributed by atoms with Crippen molar-refractivity contribution in [1.29, 1.82) is 0 Å². The molecule has 0 atom stereocenters. The minimum absolute atomic E-state index is 0.0686. The van der Waals surface area contributed by atoms with Crippen LogP contribution in [0.4, 0.5) is 0 Å². The minimum Gasteiger partial charge on any atom is -0.504 e. The number of para-hydroxylation sites is 1. The highest BCUT2D eigenvalue weighted by atomic mass is 16.3. The minimum atomic E-state index is -0.0966. The van der Waals surface area contributed by atoms with Crippen LogP contribution in [0.3, 0.4) is 0 Å². The number of hydrogen-bond donors (Lipinski definition) is 3. The number of phenolic OH excluding ortho intramolecular Hbond substituents is 2. The van der Waals surface area contributed by atoms with Crippen LogP contribution in [0.2, 0.25) is 0 Å². The largest absolute Gasteiger partial charge is 0.504 e. The van der Waals surface area contributed by atoms with Crippen LogP contribution >= 0.6 is 0 Å². The number of aromatic hydroxyl groups is 2. The van der Waals surface area contributed by atoms with E-state index in [4.69, 9.17) is 0 Å². The lowest BCUT2D eigenvalue weighted by Gasteiger charge is -2.06. The van der Waals surface area contributed by atoms with Crippen molar-refractivity contribution in [3.63, 3.8) is 0 Å². The van der Waals surface area contributed by atoms with Crippen molar-refractivity contribution in [2.75, 3.05) is 6.54 Å². The molecule has 18 heavy (non-hydrogen) atoms. The molecular formula is C12H16N4O2. The third-order valence-corrected chi connectivity index (χ3v) is 2.59. The summed E-state index contributed by atoms with van der Waals surface area (Å²) in [7, 11) is 1.83. The Morgan fingerprint density at radius 2 is 2.17 bits per heavy atom. The van der Waals surface area contributed by atoms with E-state index in [9.17, 15) is 10.2 Å². The van der Waals surface area contributed by atoms with Gasteiger partial charge >= 0.3 is 0 Å². The lowest BCUT2D eigenvalue weighted by molar-refractivity contribution is 0.398. The van der Waals surface area contributed by atoms with Crippen LogP contribution in [0.25, 0.3) is 0 Å². The summed E-state index contributed by atoms with van der Waals surface area (Å²) in [6, 6.07) is 4.92. The number of nitrogens with one attached hydrogen (secondary N) is 1. The molecule has 1 aromatic heterocycles. The summed E-state index contributed by atoms with van der Waals surface area (Å²) in [6.45, 7) is 1.20. The molecule has 0 radical (unpaired) electrons. The predicted octanol–water partition coefficient (Wildman–Crippen LogP) is 0.559. The Balaban J connectivity index is 1.80. The lowest BCUT2D eigenvalue weighted by atomic mass is 10.2. The molecule has 0 amide bonds. The number of nitrogens with zero attached hydrogens (tertiary/aromatic N) is 3. The molecule has 0 spiro atoms. The molecule has 1 heterocycles. The fraction of sp³-hybridized carbons (Fsp3) is 0.333. The highest BCUT2D eigenvalue weighted by molar-refractivity contribution is 5.44. The number of rotatable bonds is 5. The van der Waals surface area contributed by atoms with Crippen LogP contribution in [-0.2, 0) is 20.0 Å². The maximum Gasteiger partial charge on any atom is 0.161 e. The zero-order valence-electron chi connectivity index (χ0n) is 10.2. The topological polar surface area (TPSA) is 83.2 Å². The van der Waals surface area contributed by atoms with E-state index >= 15 is 0 Å². The second kappa shape index (κ2) is 5.50. The summed E-state index contributed by atoms with van der Waals surface area (Å²) in [5, 5.41) is 26.3. The van der Waals surface area contributed by atoms with Crippen molar-refractivity contribution >= 4 is 0 Å². The fourth-order valence-electron chi connectivity index (χ4n) is 1.64. The smallest absolute Gasteiger partial charge is 0.161 e. The van der Waals surface area contributed by atoms with E-state index in [1.54, 1.807) is 23.1 Å². The van der Waals surface area contributed by atoms with Gasteiger partial charge in [0.1, 0.15) is 6.33 Å². The first kappa shape index (κ1) is 12.4. The van der Waals surface area contributed by atoms with Crippen molar-refractivity contribution in [2.24, 2.45) is 7.05 Å². The highest BCUT2D eigenvalue weighted by Crippen LogP contribution is 2.27. The Labute approximate surface area is 105 Å². The van der Waals surface area contributed by atoms with Crippen LogP contribution < -0.4 is 5.32 Å². The molecule has 6 nitrogen and oxygen atoms in total. The van der Waals surface area contributed by atoms with Gasteiger partial charge in [0.25, 0.3) is 0 Å². The van der Waals surface area contributed by atoms with Gasteiger partial charge in [-0.15, -0.1) is 0 Å². The molecular weight excluding hydrogens is 232 g/mol. The van der Waals surface area contributed by atoms with E-state index < -0.39 is 0 Å². The van der Waals surface area contributed by atoms with Gasteiger partial charge in [0, 0.05) is 32.1 Å². The zero-order valence-corrected chi connectivity index (χ0v) is 10.2. The van der Waals surface area contributed by atoms with Gasteiger partial charge in [-0.2, -0.15) is 5.10 Å². The first-order valence-electron chi connectivity index (χ1n) is 5.72. The second-order valence-electron chi connectivity index (χ2n) is 4.05. The molecule has 0 aliphatic rings. The van der Waals surface area contributed by atoms with Crippen LogP contribution in [0.15, 0.2) is 24.5 Å². The SMILES string of the molecule is Cn1cnc(CCNCc2cccc(O)c2O)n1. The van der Waals surface area contributed by atoms with Gasteiger partial charge in [-0.3, -0.25) is 4.68 Å². The molecule has 0 saturated carbocycles. The van der Waals surface area contributed by atoms with Crippen molar-refractivity contribution in [2.45, 2.75) is 13.0 Å².